The molecule has 1 amide bonds. The third-order valence-electron chi connectivity index (χ3n) is 4.54. The fourth-order valence-corrected chi connectivity index (χ4v) is 4.60. The molecule has 0 radical (unpaired) electrons. The zero-order valence-corrected chi connectivity index (χ0v) is 14.2. The molecule has 23 heavy (non-hydrogen) atoms. The Hall–Kier alpha value is -1.47. The van der Waals surface area contributed by atoms with Gasteiger partial charge in [-0.05, 0) is 38.0 Å². The van der Waals surface area contributed by atoms with Gasteiger partial charge in [0.2, 0.25) is 5.91 Å². The van der Waals surface area contributed by atoms with Crippen LogP contribution in [0.25, 0.3) is 0 Å². The number of likely N-dealkylation sites (tertiary alicyclic amines) is 1. The van der Waals surface area contributed by atoms with Crippen molar-refractivity contribution in [1.82, 2.24) is 9.88 Å². The van der Waals surface area contributed by atoms with E-state index in [0.29, 0.717) is 24.0 Å². The highest BCUT2D eigenvalue weighted by Gasteiger charge is 2.30. The van der Waals surface area contributed by atoms with Crippen molar-refractivity contribution in [2.75, 3.05) is 25.0 Å². The van der Waals surface area contributed by atoms with Gasteiger partial charge in [-0.1, -0.05) is 6.92 Å². The second-order valence-corrected chi connectivity index (χ2v) is 7.80. The van der Waals surface area contributed by atoms with Crippen LogP contribution in [0.3, 0.4) is 0 Å². The number of thiazole rings is 1. The molecule has 6 nitrogen and oxygen atoms in total. The molecule has 2 heterocycles. The molecule has 1 saturated heterocycles. The van der Waals surface area contributed by atoms with Crippen LogP contribution in [0, 0.1) is 11.8 Å². The Balaban J connectivity index is 1.56. The molecule has 2 unspecified atom stereocenters. The molecule has 7 heteroatoms. The van der Waals surface area contributed by atoms with Gasteiger partial charge >= 0.3 is 5.97 Å². The van der Waals surface area contributed by atoms with Crippen molar-refractivity contribution >= 4 is 28.3 Å². The summed E-state index contributed by atoms with van der Waals surface area (Å²) in [6.07, 6.45) is 5.13. The van der Waals surface area contributed by atoms with Gasteiger partial charge in [0.15, 0.2) is 5.13 Å². The van der Waals surface area contributed by atoms with Gasteiger partial charge in [-0.25, -0.2) is 4.98 Å². The number of hydrogen-bond acceptors (Lipinski definition) is 5. The second-order valence-electron chi connectivity index (χ2n) is 6.71. The molecule has 0 bridgehead atoms. The summed E-state index contributed by atoms with van der Waals surface area (Å²) >= 11 is 1.58. The topological polar surface area (TPSA) is 82.5 Å². The van der Waals surface area contributed by atoms with Gasteiger partial charge in [0.05, 0.1) is 18.2 Å². The molecular weight excluding hydrogens is 314 g/mol. The number of hydrogen-bond donors (Lipinski definition) is 2. The molecule has 2 atom stereocenters. The largest absolute Gasteiger partial charge is 0.481 e. The zero-order valence-electron chi connectivity index (χ0n) is 13.4. The number of carbonyl (C=O) groups excluding carboxylic acids is 1. The van der Waals surface area contributed by atoms with E-state index in [1.54, 1.807) is 11.3 Å². The molecule has 2 aliphatic rings. The Morgan fingerprint density at radius 2 is 2.13 bits per heavy atom. The predicted molar refractivity (Wildman–Crippen MR) is 88.7 cm³/mol. The summed E-state index contributed by atoms with van der Waals surface area (Å²) < 4.78 is 0. The molecule has 126 valence electrons. The lowest BCUT2D eigenvalue weighted by Crippen LogP contribution is -2.45. The molecule has 1 fully saturated rings. The van der Waals surface area contributed by atoms with E-state index in [2.05, 4.69) is 10.3 Å². The maximum absolute atomic E-state index is 12.2. The normalized spacial score (nSPS) is 24.9. The minimum Gasteiger partial charge on any atom is -0.481 e. The summed E-state index contributed by atoms with van der Waals surface area (Å²) in [4.78, 5) is 31.2. The van der Waals surface area contributed by atoms with E-state index in [4.69, 9.17) is 0 Å². The lowest BCUT2D eigenvalue weighted by molar-refractivity contribution is -0.144. The third kappa shape index (κ3) is 4.09. The van der Waals surface area contributed by atoms with Gasteiger partial charge in [-0.3, -0.25) is 14.5 Å². The third-order valence-corrected chi connectivity index (χ3v) is 5.62. The Morgan fingerprint density at radius 3 is 2.87 bits per heavy atom. The van der Waals surface area contributed by atoms with Crippen molar-refractivity contribution < 1.29 is 14.7 Å². The second kappa shape index (κ2) is 6.97. The van der Waals surface area contributed by atoms with E-state index in [9.17, 15) is 14.7 Å². The van der Waals surface area contributed by atoms with E-state index in [1.807, 2.05) is 11.8 Å². The minimum absolute atomic E-state index is 0.102. The summed E-state index contributed by atoms with van der Waals surface area (Å²) in [6.45, 7) is 3.49. The molecule has 3 rings (SSSR count). The number of nitrogens with zero attached hydrogens (tertiary/aromatic N) is 2. The van der Waals surface area contributed by atoms with Crippen molar-refractivity contribution in [2.45, 2.75) is 39.0 Å². The summed E-state index contributed by atoms with van der Waals surface area (Å²) in [7, 11) is 0. The first-order valence-corrected chi connectivity index (χ1v) is 9.06. The Kier molecular flexibility index (Phi) is 4.96. The number of rotatable bonds is 4. The molecule has 2 N–H and O–H groups in total. The predicted octanol–water partition coefficient (Wildman–Crippen LogP) is 2.00. The van der Waals surface area contributed by atoms with Crippen LogP contribution >= 0.6 is 11.3 Å². The molecule has 1 aliphatic heterocycles. The summed E-state index contributed by atoms with van der Waals surface area (Å²) in [5.74, 6) is -0.951. The van der Waals surface area contributed by atoms with Crippen LogP contribution in [-0.4, -0.2) is 46.5 Å². The fourth-order valence-electron chi connectivity index (χ4n) is 3.54. The van der Waals surface area contributed by atoms with Gasteiger partial charge in [-0.15, -0.1) is 11.3 Å². The number of aliphatic carboxylic acids is 1. The number of fused-ring (bicyclic) bond motifs is 1. The smallest absolute Gasteiger partial charge is 0.307 e. The van der Waals surface area contributed by atoms with Crippen LogP contribution < -0.4 is 5.32 Å². The summed E-state index contributed by atoms with van der Waals surface area (Å²) in [6, 6.07) is 0. The summed E-state index contributed by atoms with van der Waals surface area (Å²) in [5.41, 5.74) is 1.13. The Bertz CT molecular complexity index is 578. The Morgan fingerprint density at radius 1 is 1.35 bits per heavy atom. The maximum Gasteiger partial charge on any atom is 0.307 e. The number of nitrogens with one attached hydrogen (secondary N) is 1. The van der Waals surface area contributed by atoms with Crippen LogP contribution in [-0.2, 0) is 22.4 Å². The number of carboxylic acid groups (broad SMARTS) is 1. The van der Waals surface area contributed by atoms with E-state index in [0.717, 1.165) is 25.1 Å². The monoisotopic (exact) mass is 337 g/mol. The molecule has 1 aromatic heterocycles. The highest BCUT2D eigenvalue weighted by atomic mass is 32.1. The fraction of sp³-hybridized carbons (Fsp3) is 0.688. The van der Waals surface area contributed by atoms with Crippen molar-refractivity contribution in [3.63, 3.8) is 0 Å². The van der Waals surface area contributed by atoms with Crippen molar-refractivity contribution in [3.05, 3.63) is 10.6 Å². The number of aryl methyl sites for hydroxylation is 2. The van der Waals surface area contributed by atoms with Gasteiger partial charge < -0.3 is 10.4 Å². The quantitative estimate of drug-likeness (QED) is 0.878. The minimum atomic E-state index is -0.769. The average Bonchev–Trinajstić information content (AvgIpc) is 2.88. The molecule has 0 aromatic carbocycles. The van der Waals surface area contributed by atoms with Crippen LogP contribution in [0.15, 0.2) is 0 Å². The molecule has 0 saturated carbocycles. The molecule has 0 spiro atoms. The highest BCUT2D eigenvalue weighted by molar-refractivity contribution is 7.15. The lowest BCUT2D eigenvalue weighted by atomic mass is 9.90. The zero-order chi connectivity index (χ0) is 16.4. The van der Waals surface area contributed by atoms with E-state index in [-0.39, 0.29) is 18.4 Å². The van der Waals surface area contributed by atoms with E-state index >= 15 is 0 Å². The molecular formula is C16H23N3O3S. The van der Waals surface area contributed by atoms with Gasteiger partial charge in [0, 0.05) is 18.0 Å². The van der Waals surface area contributed by atoms with Gasteiger partial charge in [0.1, 0.15) is 0 Å². The van der Waals surface area contributed by atoms with Gasteiger partial charge in [0.25, 0.3) is 0 Å². The van der Waals surface area contributed by atoms with Crippen molar-refractivity contribution in [2.24, 2.45) is 11.8 Å². The number of amides is 1. The maximum atomic E-state index is 12.2. The number of carbonyl (C=O) groups is 2. The van der Waals surface area contributed by atoms with Crippen molar-refractivity contribution in [1.29, 1.82) is 0 Å². The SMILES string of the molecule is CC1CC(C(=O)O)CN(CC(=O)Nc2nc3c(s2)CCCC3)C1. The highest BCUT2D eigenvalue weighted by Crippen LogP contribution is 2.29. The summed E-state index contributed by atoms with van der Waals surface area (Å²) in [5, 5.41) is 12.8. The standard InChI is InChI=1S/C16H23N3O3S/c1-10-6-11(15(21)22)8-19(7-10)9-14(20)18-16-17-12-4-2-3-5-13(12)23-16/h10-11H,2-9H2,1H3,(H,21,22)(H,17,18,20). The Labute approximate surface area is 139 Å². The molecule has 1 aromatic rings. The van der Waals surface area contributed by atoms with E-state index in [1.165, 1.54) is 17.7 Å². The first-order chi connectivity index (χ1) is 11.0. The number of anilines is 1. The average molecular weight is 337 g/mol. The first kappa shape index (κ1) is 16.4. The number of piperidine rings is 1. The van der Waals surface area contributed by atoms with Crippen LogP contribution in [0.2, 0.25) is 0 Å². The lowest BCUT2D eigenvalue weighted by Gasteiger charge is -2.33. The van der Waals surface area contributed by atoms with E-state index < -0.39 is 5.97 Å². The number of carboxylic acids is 1. The number of aromatic nitrogens is 1. The van der Waals surface area contributed by atoms with Crippen LogP contribution in [0.5, 0.6) is 0 Å². The first-order valence-electron chi connectivity index (χ1n) is 8.25. The van der Waals surface area contributed by atoms with Gasteiger partial charge in [-0.2, -0.15) is 0 Å². The molecule has 1 aliphatic carbocycles. The van der Waals surface area contributed by atoms with Crippen molar-refractivity contribution in [3.8, 4) is 0 Å². The van der Waals surface area contributed by atoms with Crippen LogP contribution in [0.4, 0.5) is 5.13 Å². The van der Waals surface area contributed by atoms with Crippen LogP contribution in [0.1, 0.15) is 36.8 Å².